The number of aromatic nitrogens is 1. The van der Waals surface area contributed by atoms with Crippen LogP contribution in [0.15, 0.2) is 18.5 Å². The molecule has 0 saturated carbocycles. The number of aromatic hydroxyl groups is 1. The molecule has 1 amide bonds. The zero-order valence-electron chi connectivity index (χ0n) is 10.4. The molecule has 5 heteroatoms. The highest BCUT2D eigenvalue weighted by molar-refractivity contribution is 5.96. The number of nitrogens with zero attached hydrogens (tertiary/aromatic N) is 1. The van der Waals surface area contributed by atoms with Gasteiger partial charge >= 0.3 is 0 Å². The monoisotopic (exact) mass is 250 g/mol. The molecule has 2 rings (SSSR count). The van der Waals surface area contributed by atoms with Crippen molar-refractivity contribution < 1.29 is 14.6 Å². The van der Waals surface area contributed by atoms with Gasteiger partial charge in [-0.25, -0.2) is 0 Å². The summed E-state index contributed by atoms with van der Waals surface area (Å²) < 4.78 is 5.30. The Kier molecular flexibility index (Phi) is 4.15. The van der Waals surface area contributed by atoms with Crippen molar-refractivity contribution in [3.05, 3.63) is 24.0 Å². The molecule has 0 aliphatic carbocycles. The van der Waals surface area contributed by atoms with Gasteiger partial charge in [0.1, 0.15) is 5.75 Å². The van der Waals surface area contributed by atoms with Crippen molar-refractivity contribution in [2.24, 2.45) is 5.92 Å². The summed E-state index contributed by atoms with van der Waals surface area (Å²) in [5, 5.41) is 12.5. The van der Waals surface area contributed by atoms with Crippen molar-refractivity contribution in [3.8, 4) is 5.75 Å². The lowest BCUT2D eigenvalue weighted by atomic mass is 9.93. The lowest BCUT2D eigenvalue weighted by Gasteiger charge is -2.28. The fraction of sp³-hybridized carbons (Fsp3) is 0.538. The predicted molar refractivity (Wildman–Crippen MR) is 66.4 cm³/mol. The maximum atomic E-state index is 12.0. The summed E-state index contributed by atoms with van der Waals surface area (Å²) in [7, 11) is 0. The van der Waals surface area contributed by atoms with E-state index in [4.69, 9.17) is 4.74 Å². The Morgan fingerprint density at radius 2 is 2.28 bits per heavy atom. The number of nitrogens with one attached hydrogen (secondary N) is 1. The molecule has 0 bridgehead atoms. The topological polar surface area (TPSA) is 71.5 Å². The molecule has 5 nitrogen and oxygen atoms in total. The highest BCUT2D eigenvalue weighted by atomic mass is 16.5. The average molecular weight is 250 g/mol. The summed E-state index contributed by atoms with van der Waals surface area (Å²) in [6.07, 6.45) is 4.69. The molecule has 0 aromatic carbocycles. The van der Waals surface area contributed by atoms with Crippen molar-refractivity contribution >= 4 is 5.91 Å². The Morgan fingerprint density at radius 3 is 2.94 bits per heavy atom. The fourth-order valence-corrected chi connectivity index (χ4v) is 2.20. The van der Waals surface area contributed by atoms with Gasteiger partial charge in [-0.15, -0.1) is 0 Å². The highest BCUT2D eigenvalue weighted by Crippen LogP contribution is 2.20. The molecule has 1 fully saturated rings. The standard InChI is InChI=1S/C13H18N2O3/c1-9(10-3-6-18-7-4-10)15-13(17)11-2-5-14-8-12(11)16/h2,5,8-10,16H,3-4,6-7H2,1H3,(H,15,17). The van der Waals surface area contributed by atoms with Crippen LogP contribution < -0.4 is 5.32 Å². The molecule has 1 atom stereocenters. The molecular weight excluding hydrogens is 232 g/mol. The quantitative estimate of drug-likeness (QED) is 0.849. The first-order valence-electron chi connectivity index (χ1n) is 6.20. The van der Waals surface area contributed by atoms with E-state index in [9.17, 15) is 9.90 Å². The van der Waals surface area contributed by atoms with Crippen molar-refractivity contribution in [2.45, 2.75) is 25.8 Å². The van der Waals surface area contributed by atoms with Crippen LogP contribution in [0.5, 0.6) is 5.75 Å². The molecule has 2 N–H and O–H groups in total. The molecule has 98 valence electrons. The number of hydrogen-bond donors (Lipinski definition) is 2. The van der Waals surface area contributed by atoms with Crippen LogP contribution in [0.1, 0.15) is 30.1 Å². The van der Waals surface area contributed by atoms with Gasteiger partial charge in [-0.05, 0) is 31.7 Å². The van der Waals surface area contributed by atoms with E-state index in [1.165, 1.54) is 18.5 Å². The second-order valence-corrected chi connectivity index (χ2v) is 4.60. The van der Waals surface area contributed by atoms with Crippen LogP contribution in [0.3, 0.4) is 0 Å². The van der Waals surface area contributed by atoms with Gasteiger partial charge in [-0.3, -0.25) is 9.78 Å². The van der Waals surface area contributed by atoms with Gasteiger partial charge in [0, 0.05) is 25.5 Å². The van der Waals surface area contributed by atoms with Crippen LogP contribution in [0, 0.1) is 5.92 Å². The van der Waals surface area contributed by atoms with Gasteiger partial charge in [0.15, 0.2) is 0 Å². The number of pyridine rings is 1. The van der Waals surface area contributed by atoms with E-state index in [2.05, 4.69) is 10.3 Å². The molecule has 1 aliphatic rings. The molecule has 0 spiro atoms. The van der Waals surface area contributed by atoms with Gasteiger partial charge in [0.05, 0.1) is 11.8 Å². The molecule has 0 radical (unpaired) electrons. The number of rotatable bonds is 3. The maximum absolute atomic E-state index is 12.0. The summed E-state index contributed by atoms with van der Waals surface area (Å²) in [6, 6.07) is 1.59. The SMILES string of the molecule is CC(NC(=O)c1ccncc1O)C1CCOCC1. The lowest BCUT2D eigenvalue weighted by molar-refractivity contribution is 0.0538. The third-order valence-corrected chi connectivity index (χ3v) is 3.38. The second kappa shape index (κ2) is 5.82. The Hall–Kier alpha value is -1.62. The molecule has 1 unspecified atom stereocenters. The first-order chi connectivity index (χ1) is 8.68. The zero-order valence-corrected chi connectivity index (χ0v) is 10.4. The lowest BCUT2D eigenvalue weighted by Crippen LogP contribution is -2.40. The highest BCUT2D eigenvalue weighted by Gasteiger charge is 2.23. The molecule has 2 heterocycles. The van der Waals surface area contributed by atoms with Gasteiger partial charge in [-0.1, -0.05) is 0 Å². The Bertz CT molecular complexity index is 416. The Labute approximate surface area is 106 Å². The van der Waals surface area contributed by atoms with Crippen LogP contribution in [-0.4, -0.2) is 35.3 Å². The minimum atomic E-state index is -0.256. The molecule has 18 heavy (non-hydrogen) atoms. The smallest absolute Gasteiger partial charge is 0.255 e. The van der Waals surface area contributed by atoms with Crippen molar-refractivity contribution in [1.82, 2.24) is 10.3 Å². The summed E-state index contributed by atoms with van der Waals surface area (Å²) in [6.45, 7) is 3.50. The van der Waals surface area contributed by atoms with Crippen LogP contribution in [0.25, 0.3) is 0 Å². The summed E-state index contributed by atoms with van der Waals surface area (Å²) in [5.41, 5.74) is 0.268. The van der Waals surface area contributed by atoms with E-state index in [-0.39, 0.29) is 23.3 Å². The summed E-state index contributed by atoms with van der Waals surface area (Å²) in [4.78, 5) is 15.7. The van der Waals surface area contributed by atoms with Crippen molar-refractivity contribution in [1.29, 1.82) is 0 Å². The number of amides is 1. The largest absolute Gasteiger partial charge is 0.505 e. The van der Waals surface area contributed by atoms with Gasteiger partial charge in [-0.2, -0.15) is 0 Å². The van der Waals surface area contributed by atoms with Crippen molar-refractivity contribution in [2.75, 3.05) is 13.2 Å². The van der Waals surface area contributed by atoms with Gasteiger partial charge in [0.25, 0.3) is 5.91 Å². The molecular formula is C13H18N2O3. The minimum absolute atomic E-state index is 0.0777. The first kappa shape index (κ1) is 12.8. The van der Waals surface area contributed by atoms with E-state index >= 15 is 0 Å². The van der Waals surface area contributed by atoms with Crippen LogP contribution >= 0.6 is 0 Å². The number of carbonyl (C=O) groups excluding carboxylic acids is 1. The number of hydrogen-bond acceptors (Lipinski definition) is 4. The predicted octanol–water partition coefficient (Wildman–Crippen LogP) is 1.33. The average Bonchev–Trinajstić information content (AvgIpc) is 2.40. The van der Waals surface area contributed by atoms with Crippen molar-refractivity contribution in [3.63, 3.8) is 0 Å². The van der Waals surface area contributed by atoms with Crippen LogP contribution in [0.2, 0.25) is 0 Å². The minimum Gasteiger partial charge on any atom is -0.505 e. The normalized spacial score (nSPS) is 18.3. The van der Waals surface area contributed by atoms with E-state index in [0.29, 0.717) is 5.92 Å². The molecule has 1 aromatic heterocycles. The summed E-state index contributed by atoms with van der Waals surface area (Å²) >= 11 is 0. The fourth-order valence-electron chi connectivity index (χ4n) is 2.20. The molecule has 1 aliphatic heterocycles. The second-order valence-electron chi connectivity index (χ2n) is 4.60. The van der Waals surface area contributed by atoms with Gasteiger partial charge in [0.2, 0.25) is 0 Å². The van der Waals surface area contributed by atoms with Crippen LogP contribution in [0.4, 0.5) is 0 Å². The molecule has 1 aromatic rings. The third kappa shape index (κ3) is 2.98. The van der Waals surface area contributed by atoms with Gasteiger partial charge < -0.3 is 15.2 Å². The van der Waals surface area contributed by atoms with Crippen LogP contribution in [-0.2, 0) is 4.74 Å². The number of carbonyl (C=O) groups is 1. The van der Waals surface area contributed by atoms with E-state index < -0.39 is 0 Å². The Balaban J connectivity index is 1.96. The van der Waals surface area contributed by atoms with E-state index in [1.54, 1.807) is 0 Å². The maximum Gasteiger partial charge on any atom is 0.255 e. The molecule has 1 saturated heterocycles. The first-order valence-corrected chi connectivity index (χ1v) is 6.20. The Morgan fingerprint density at radius 1 is 1.56 bits per heavy atom. The zero-order chi connectivity index (χ0) is 13.0. The van der Waals surface area contributed by atoms with E-state index in [0.717, 1.165) is 26.1 Å². The summed E-state index contributed by atoms with van der Waals surface area (Å²) in [5.74, 6) is 0.0924. The number of ether oxygens (including phenoxy) is 1. The third-order valence-electron chi connectivity index (χ3n) is 3.38. The van der Waals surface area contributed by atoms with E-state index in [1.807, 2.05) is 6.92 Å².